The number of hydrogen-bond donors (Lipinski definition) is 1. The quantitative estimate of drug-likeness (QED) is 0.696. The number of rotatable bonds is 10. The summed E-state index contributed by atoms with van der Waals surface area (Å²) in [6.07, 6.45) is 2.08. The minimum absolute atomic E-state index is 0.193. The lowest BCUT2D eigenvalue weighted by Gasteiger charge is -2.38. The van der Waals surface area contributed by atoms with Crippen molar-refractivity contribution in [2.24, 2.45) is 0 Å². The van der Waals surface area contributed by atoms with Gasteiger partial charge in [0.1, 0.15) is 5.75 Å². The van der Waals surface area contributed by atoms with E-state index in [9.17, 15) is 0 Å². The van der Waals surface area contributed by atoms with Crippen LogP contribution in [0.3, 0.4) is 0 Å². The molecule has 0 aliphatic rings. The van der Waals surface area contributed by atoms with Gasteiger partial charge in [-0.3, -0.25) is 0 Å². The first kappa shape index (κ1) is 18.0. The van der Waals surface area contributed by atoms with Gasteiger partial charge in [0.2, 0.25) is 0 Å². The summed E-state index contributed by atoms with van der Waals surface area (Å²) in [6.45, 7) is 13.0. The lowest BCUT2D eigenvalue weighted by Crippen LogP contribution is -2.43. The molecular formula is C18H31NO2. The smallest absolute Gasteiger partial charge is 0.119 e. The second-order valence-corrected chi connectivity index (χ2v) is 5.49. The SMILES string of the molecule is CCCNC(c1ccc(OCC)cc1)C(C)(CC)OCC. The van der Waals surface area contributed by atoms with Gasteiger partial charge in [-0.25, -0.2) is 0 Å². The Kier molecular flexibility index (Phi) is 7.76. The van der Waals surface area contributed by atoms with Gasteiger partial charge in [0.15, 0.2) is 0 Å². The summed E-state index contributed by atoms with van der Waals surface area (Å²) in [7, 11) is 0. The van der Waals surface area contributed by atoms with Crippen molar-refractivity contribution in [1.82, 2.24) is 5.32 Å². The van der Waals surface area contributed by atoms with E-state index < -0.39 is 0 Å². The van der Waals surface area contributed by atoms with E-state index >= 15 is 0 Å². The first-order valence-electron chi connectivity index (χ1n) is 8.21. The van der Waals surface area contributed by atoms with Crippen molar-refractivity contribution in [3.8, 4) is 5.75 Å². The second-order valence-electron chi connectivity index (χ2n) is 5.49. The summed E-state index contributed by atoms with van der Waals surface area (Å²) in [4.78, 5) is 0. The van der Waals surface area contributed by atoms with Crippen LogP contribution < -0.4 is 10.1 Å². The van der Waals surface area contributed by atoms with Gasteiger partial charge in [-0.2, -0.15) is 0 Å². The molecule has 0 fully saturated rings. The van der Waals surface area contributed by atoms with Gasteiger partial charge < -0.3 is 14.8 Å². The molecule has 3 nitrogen and oxygen atoms in total. The third-order valence-electron chi connectivity index (χ3n) is 3.91. The van der Waals surface area contributed by atoms with Gasteiger partial charge in [-0.05, 0) is 57.9 Å². The third-order valence-corrected chi connectivity index (χ3v) is 3.91. The van der Waals surface area contributed by atoms with E-state index in [1.807, 2.05) is 19.1 Å². The zero-order valence-corrected chi connectivity index (χ0v) is 14.2. The van der Waals surface area contributed by atoms with Crippen molar-refractivity contribution >= 4 is 0 Å². The van der Waals surface area contributed by atoms with Crippen molar-refractivity contribution in [2.75, 3.05) is 19.8 Å². The summed E-state index contributed by atoms with van der Waals surface area (Å²) in [5, 5.41) is 3.65. The average Bonchev–Trinajstić information content (AvgIpc) is 2.50. The lowest BCUT2D eigenvalue weighted by molar-refractivity contribution is -0.0563. The Morgan fingerprint density at radius 3 is 2.19 bits per heavy atom. The molecule has 120 valence electrons. The van der Waals surface area contributed by atoms with E-state index in [1.54, 1.807) is 0 Å². The zero-order valence-electron chi connectivity index (χ0n) is 14.2. The Labute approximate surface area is 130 Å². The summed E-state index contributed by atoms with van der Waals surface area (Å²) in [5.41, 5.74) is 1.06. The van der Waals surface area contributed by atoms with Crippen molar-refractivity contribution in [1.29, 1.82) is 0 Å². The lowest BCUT2D eigenvalue weighted by atomic mass is 9.87. The highest BCUT2D eigenvalue weighted by Gasteiger charge is 2.34. The minimum atomic E-state index is -0.197. The number of nitrogens with one attached hydrogen (secondary N) is 1. The van der Waals surface area contributed by atoms with Crippen LogP contribution in [-0.2, 0) is 4.74 Å². The van der Waals surface area contributed by atoms with Gasteiger partial charge in [0.25, 0.3) is 0 Å². The first-order chi connectivity index (χ1) is 10.1. The van der Waals surface area contributed by atoms with Crippen LogP contribution in [0, 0.1) is 0 Å². The van der Waals surface area contributed by atoms with Crippen LogP contribution in [0.1, 0.15) is 59.1 Å². The van der Waals surface area contributed by atoms with Gasteiger partial charge in [-0.15, -0.1) is 0 Å². The van der Waals surface area contributed by atoms with Crippen molar-refractivity contribution in [2.45, 2.75) is 59.1 Å². The fourth-order valence-corrected chi connectivity index (χ4v) is 2.62. The fraction of sp³-hybridized carbons (Fsp3) is 0.667. The molecule has 1 rings (SSSR count). The van der Waals surface area contributed by atoms with Gasteiger partial charge in [-0.1, -0.05) is 26.0 Å². The Morgan fingerprint density at radius 2 is 1.71 bits per heavy atom. The van der Waals surface area contributed by atoms with Crippen LogP contribution in [0.5, 0.6) is 5.75 Å². The van der Waals surface area contributed by atoms with E-state index in [0.717, 1.165) is 31.7 Å². The molecule has 0 aliphatic heterocycles. The molecule has 21 heavy (non-hydrogen) atoms. The molecular weight excluding hydrogens is 262 g/mol. The van der Waals surface area contributed by atoms with Crippen molar-refractivity contribution in [3.05, 3.63) is 29.8 Å². The van der Waals surface area contributed by atoms with Gasteiger partial charge >= 0.3 is 0 Å². The zero-order chi connectivity index (χ0) is 15.7. The second kappa shape index (κ2) is 9.06. The van der Waals surface area contributed by atoms with Gasteiger partial charge in [0.05, 0.1) is 18.2 Å². The predicted molar refractivity (Wildman–Crippen MR) is 89.0 cm³/mol. The Bertz CT molecular complexity index is 391. The van der Waals surface area contributed by atoms with Crippen molar-refractivity contribution in [3.63, 3.8) is 0 Å². The minimum Gasteiger partial charge on any atom is -0.494 e. The third kappa shape index (κ3) is 5.01. The van der Waals surface area contributed by atoms with E-state index in [2.05, 4.69) is 45.1 Å². The molecule has 1 N–H and O–H groups in total. The standard InChI is InChI=1S/C18H31NO2/c1-6-14-19-17(18(5,7-2)21-9-4)15-10-12-16(13-11-15)20-8-3/h10-13,17,19H,6-9,14H2,1-5H3. The van der Waals surface area contributed by atoms with Crippen LogP contribution in [0.4, 0.5) is 0 Å². The summed E-state index contributed by atoms with van der Waals surface area (Å²) in [6, 6.07) is 8.57. The van der Waals surface area contributed by atoms with Gasteiger partial charge in [0, 0.05) is 6.61 Å². The summed E-state index contributed by atoms with van der Waals surface area (Å²) < 4.78 is 11.6. The molecule has 0 aliphatic carbocycles. The number of hydrogen-bond acceptors (Lipinski definition) is 3. The molecule has 2 unspecified atom stereocenters. The van der Waals surface area contributed by atoms with Crippen LogP contribution in [0.25, 0.3) is 0 Å². The normalized spacial score (nSPS) is 15.5. The van der Waals surface area contributed by atoms with E-state index in [4.69, 9.17) is 9.47 Å². The molecule has 1 aromatic carbocycles. The van der Waals surface area contributed by atoms with Crippen LogP contribution >= 0.6 is 0 Å². The molecule has 0 radical (unpaired) electrons. The maximum Gasteiger partial charge on any atom is 0.119 e. The molecule has 0 saturated carbocycles. The van der Waals surface area contributed by atoms with E-state index in [-0.39, 0.29) is 11.6 Å². The molecule has 0 amide bonds. The van der Waals surface area contributed by atoms with Crippen LogP contribution in [-0.4, -0.2) is 25.4 Å². The monoisotopic (exact) mass is 293 g/mol. The maximum atomic E-state index is 6.08. The molecule has 3 heteroatoms. The molecule has 0 heterocycles. The highest BCUT2D eigenvalue weighted by Crippen LogP contribution is 2.33. The molecule has 0 bridgehead atoms. The topological polar surface area (TPSA) is 30.5 Å². The molecule has 1 aromatic rings. The fourth-order valence-electron chi connectivity index (χ4n) is 2.62. The Hall–Kier alpha value is -1.06. The van der Waals surface area contributed by atoms with Crippen LogP contribution in [0.2, 0.25) is 0 Å². The maximum absolute atomic E-state index is 6.08. The highest BCUT2D eigenvalue weighted by molar-refractivity contribution is 5.30. The van der Waals surface area contributed by atoms with E-state index in [0.29, 0.717) is 6.61 Å². The van der Waals surface area contributed by atoms with Crippen LogP contribution in [0.15, 0.2) is 24.3 Å². The van der Waals surface area contributed by atoms with Crippen molar-refractivity contribution < 1.29 is 9.47 Å². The largest absolute Gasteiger partial charge is 0.494 e. The summed E-state index contributed by atoms with van der Waals surface area (Å²) >= 11 is 0. The molecule has 0 saturated heterocycles. The number of ether oxygens (including phenoxy) is 2. The Morgan fingerprint density at radius 1 is 1.05 bits per heavy atom. The predicted octanol–water partition coefficient (Wildman–Crippen LogP) is 4.33. The summed E-state index contributed by atoms with van der Waals surface area (Å²) in [5.74, 6) is 0.921. The Balaban J connectivity index is 2.99. The molecule has 0 spiro atoms. The molecule has 0 aromatic heterocycles. The van der Waals surface area contributed by atoms with E-state index in [1.165, 1.54) is 5.56 Å². The highest BCUT2D eigenvalue weighted by atomic mass is 16.5. The molecule has 2 atom stereocenters. The first-order valence-corrected chi connectivity index (χ1v) is 8.21. The number of benzene rings is 1. The average molecular weight is 293 g/mol.